The predicted octanol–water partition coefficient (Wildman–Crippen LogP) is 6.41. The molecule has 0 aliphatic rings. The van der Waals surface area contributed by atoms with Crippen molar-refractivity contribution < 1.29 is 17.7 Å². The molecule has 2 aromatic carbocycles. The maximum Gasteiger partial charge on any atom is 0.298 e. The van der Waals surface area contributed by atoms with E-state index in [9.17, 15) is 13.0 Å². The highest BCUT2D eigenvalue weighted by Gasteiger charge is 2.16. The highest BCUT2D eigenvalue weighted by atomic mass is 32.2. The number of hydrogen-bond donors (Lipinski definition) is 1. The molecule has 148 valence electrons. The SMILES string of the molecule is CCCCCCCCCCc1cccc(Oc2ccccc2S(=O)(=O)O)c1. The maximum atomic E-state index is 11.5. The standard InChI is InChI=1S/C22H30O4S/c1-2-3-4-5-6-7-8-9-13-19-14-12-15-20(18-19)26-21-16-10-11-17-22(21)27(23,24)25/h10-12,14-18H,2-9,13H2,1H3,(H,23,24,25). The Hall–Kier alpha value is -1.85. The number of aryl methyl sites for hydroxylation is 1. The molecule has 0 aromatic heterocycles. The molecule has 0 unspecified atom stereocenters. The summed E-state index contributed by atoms with van der Waals surface area (Å²) in [5.74, 6) is 0.701. The number of ether oxygens (including phenoxy) is 1. The van der Waals surface area contributed by atoms with Crippen molar-refractivity contribution in [2.75, 3.05) is 0 Å². The zero-order chi connectivity index (χ0) is 19.5. The molecule has 0 aliphatic heterocycles. The molecule has 1 N–H and O–H groups in total. The van der Waals surface area contributed by atoms with Gasteiger partial charge in [0, 0.05) is 0 Å². The minimum atomic E-state index is -4.32. The lowest BCUT2D eigenvalue weighted by molar-refractivity contribution is 0.449. The van der Waals surface area contributed by atoms with Gasteiger partial charge < -0.3 is 4.74 Å². The van der Waals surface area contributed by atoms with Crippen LogP contribution >= 0.6 is 0 Å². The van der Waals surface area contributed by atoms with E-state index in [1.165, 1.54) is 62.6 Å². The third kappa shape index (κ3) is 7.73. The number of hydrogen-bond acceptors (Lipinski definition) is 3. The van der Waals surface area contributed by atoms with Crippen LogP contribution in [0.4, 0.5) is 0 Å². The third-order valence-corrected chi connectivity index (χ3v) is 5.47. The molecule has 0 aliphatic carbocycles. The molecule has 2 rings (SSSR count). The third-order valence-electron chi connectivity index (χ3n) is 4.57. The summed E-state index contributed by atoms with van der Waals surface area (Å²) < 4.78 is 38.0. The van der Waals surface area contributed by atoms with Crippen LogP contribution < -0.4 is 4.74 Å². The van der Waals surface area contributed by atoms with Gasteiger partial charge in [0.15, 0.2) is 0 Å². The van der Waals surface area contributed by atoms with Gasteiger partial charge in [-0.15, -0.1) is 0 Å². The predicted molar refractivity (Wildman–Crippen MR) is 109 cm³/mol. The highest BCUT2D eigenvalue weighted by Crippen LogP contribution is 2.29. The maximum absolute atomic E-state index is 11.5. The lowest BCUT2D eigenvalue weighted by atomic mass is 10.0. The van der Waals surface area contributed by atoms with Crippen molar-refractivity contribution in [3.63, 3.8) is 0 Å². The molecule has 0 fully saturated rings. The molecule has 0 amide bonds. The summed E-state index contributed by atoms with van der Waals surface area (Å²) in [5, 5.41) is 0. The van der Waals surface area contributed by atoms with Gasteiger partial charge in [-0.05, 0) is 42.7 Å². The van der Waals surface area contributed by atoms with E-state index in [4.69, 9.17) is 4.74 Å². The number of benzene rings is 2. The van der Waals surface area contributed by atoms with E-state index < -0.39 is 10.1 Å². The lowest BCUT2D eigenvalue weighted by Crippen LogP contribution is -2.00. The summed E-state index contributed by atoms with van der Waals surface area (Å²) in [7, 11) is -4.32. The van der Waals surface area contributed by atoms with Gasteiger partial charge in [0.2, 0.25) is 0 Å². The van der Waals surface area contributed by atoms with Gasteiger partial charge in [0.05, 0.1) is 0 Å². The van der Waals surface area contributed by atoms with Crippen molar-refractivity contribution in [3.05, 3.63) is 54.1 Å². The zero-order valence-corrected chi connectivity index (χ0v) is 16.9. The van der Waals surface area contributed by atoms with Crippen LogP contribution in [0.15, 0.2) is 53.4 Å². The smallest absolute Gasteiger partial charge is 0.298 e. The molecule has 0 saturated heterocycles. The van der Waals surface area contributed by atoms with Crippen LogP contribution in [-0.2, 0) is 16.5 Å². The van der Waals surface area contributed by atoms with Crippen LogP contribution in [-0.4, -0.2) is 13.0 Å². The Kier molecular flexibility index (Phi) is 8.82. The highest BCUT2D eigenvalue weighted by molar-refractivity contribution is 7.86. The van der Waals surface area contributed by atoms with Crippen LogP contribution in [0, 0.1) is 0 Å². The Labute approximate surface area is 163 Å². The summed E-state index contributed by atoms with van der Waals surface area (Å²) >= 11 is 0. The second-order valence-electron chi connectivity index (χ2n) is 6.90. The molecule has 5 heteroatoms. The first-order valence-electron chi connectivity index (χ1n) is 9.84. The molecular formula is C22H30O4S. The van der Waals surface area contributed by atoms with Crippen LogP contribution in [0.2, 0.25) is 0 Å². The molecule has 4 nitrogen and oxygen atoms in total. The summed E-state index contributed by atoms with van der Waals surface area (Å²) in [4.78, 5) is -0.224. The molecule has 0 saturated carbocycles. The summed E-state index contributed by atoms with van der Waals surface area (Å²) in [5.41, 5.74) is 1.17. The van der Waals surface area contributed by atoms with Crippen LogP contribution in [0.5, 0.6) is 11.5 Å². The van der Waals surface area contributed by atoms with Crippen LogP contribution in [0.3, 0.4) is 0 Å². The Bertz CT molecular complexity index is 799. The van der Waals surface area contributed by atoms with Crippen molar-refractivity contribution >= 4 is 10.1 Å². The Morgan fingerprint density at radius 2 is 1.52 bits per heavy atom. The Balaban J connectivity index is 1.86. The first kappa shape index (κ1) is 21.5. The van der Waals surface area contributed by atoms with Gasteiger partial charge in [0.25, 0.3) is 10.1 Å². The summed E-state index contributed by atoms with van der Waals surface area (Å²) in [6.07, 6.45) is 11.2. The van der Waals surface area contributed by atoms with Gasteiger partial charge in [-0.2, -0.15) is 8.42 Å². The second-order valence-corrected chi connectivity index (χ2v) is 8.29. The summed E-state index contributed by atoms with van der Waals surface area (Å²) in [6, 6.07) is 13.8. The average Bonchev–Trinajstić information content (AvgIpc) is 2.64. The topological polar surface area (TPSA) is 63.6 Å². The minimum Gasteiger partial charge on any atom is -0.456 e. The van der Waals surface area contributed by atoms with Gasteiger partial charge in [-0.3, -0.25) is 4.55 Å². The molecule has 0 atom stereocenters. The van der Waals surface area contributed by atoms with Gasteiger partial charge in [0.1, 0.15) is 16.4 Å². The van der Waals surface area contributed by atoms with E-state index in [0.717, 1.165) is 12.8 Å². The Morgan fingerprint density at radius 1 is 0.852 bits per heavy atom. The van der Waals surface area contributed by atoms with Crippen LogP contribution in [0.25, 0.3) is 0 Å². The number of unbranched alkanes of at least 4 members (excludes halogenated alkanes) is 7. The normalized spacial score (nSPS) is 11.5. The van der Waals surface area contributed by atoms with E-state index in [0.29, 0.717) is 5.75 Å². The largest absolute Gasteiger partial charge is 0.456 e. The molecule has 0 radical (unpaired) electrons. The van der Waals surface area contributed by atoms with Crippen LogP contribution in [0.1, 0.15) is 63.9 Å². The minimum absolute atomic E-state index is 0.129. The zero-order valence-electron chi connectivity index (χ0n) is 16.1. The van der Waals surface area contributed by atoms with Crippen molar-refractivity contribution in [2.45, 2.75) is 69.6 Å². The summed E-state index contributed by atoms with van der Waals surface area (Å²) in [6.45, 7) is 2.24. The Morgan fingerprint density at radius 3 is 2.22 bits per heavy atom. The second kappa shape index (κ2) is 11.1. The molecule has 0 bridgehead atoms. The quantitative estimate of drug-likeness (QED) is 0.336. The molecule has 27 heavy (non-hydrogen) atoms. The average molecular weight is 391 g/mol. The van der Waals surface area contributed by atoms with E-state index in [1.807, 2.05) is 12.1 Å². The molecule has 0 heterocycles. The molecular weight excluding hydrogens is 360 g/mol. The van der Waals surface area contributed by atoms with E-state index in [2.05, 4.69) is 13.0 Å². The van der Waals surface area contributed by atoms with Gasteiger partial charge in [-0.1, -0.05) is 76.1 Å². The molecule has 0 spiro atoms. The fourth-order valence-electron chi connectivity index (χ4n) is 3.10. The van der Waals surface area contributed by atoms with E-state index >= 15 is 0 Å². The van der Waals surface area contributed by atoms with E-state index in [-0.39, 0.29) is 10.6 Å². The fraction of sp³-hybridized carbons (Fsp3) is 0.455. The lowest BCUT2D eigenvalue weighted by Gasteiger charge is -2.10. The van der Waals surface area contributed by atoms with Crippen molar-refractivity contribution in [2.24, 2.45) is 0 Å². The first-order valence-corrected chi connectivity index (χ1v) is 11.3. The van der Waals surface area contributed by atoms with Gasteiger partial charge in [-0.25, -0.2) is 0 Å². The number of para-hydroxylation sites is 1. The van der Waals surface area contributed by atoms with Gasteiger partial charge >= 0.3 is 0 Å². The fourth-order valence-corrected chi connectivity index (χ4v) is 3.72. The van der Waals surface area contributed by atoms with Crippen molar-refractivity contribution in [1.29, 1.82) is 0 Å². The van der Waals surface area contributed by atoms with Crippen molar-refractivity contribution in [3.8, 4) is 11.5 Å². The first-order chi connectivity index (χ1) is 13.0. The molecule has 2 aromatic rings. The van der Waals surface area contributed by atoms with Crippen molar-refractivity contribution in [1.82, 2.24) is 0 Å². The number of rotatable bonds is 12. The monoisotopic (exact) mass is 390 g/mol. The van der Waals surface area contributed by atoms with E-state index in [1.54, 1.807) is 18.2 Å².